The van der Waals surface area contributed by atoms with E-state index < -0.39 is 29.8 Å². The van der Waals surface area contributed by atoms with Gasteiger partial charge in [-0.3, -0.25) is 10.1 Å². The average molecular weight is 370 g/mol. The zero-order chi connectivity index (χ0) is 19.0. The monoisotopic (exact) mass is 370 g/mol. The molecule has 2 fully saturated rings. The van der Waals surface area contributed by atoms with Crippen molar-refractivity contribution in [2.24, 2.45) is 0 Å². The number of halogens is 1. The molecule has 2 aliphatic rings. The van der Waals surface area contributed by atoms with Crippen molar-refractivity contribution >= 4 is 17.9 Å². The van der Waals surface area contributed by atoms with Crippen molar-refractivity contribution in [2.75, 3.05) is 18.0 Å². The van der Waals surface area contributed by atoms with Gasteiger partial charge in [-0.05, 0) is 42.7 Å². The maximum absolute atomic E-state index is 13.8. The predicted molar refractivity (Wildman–Crippen MR) is 96.1 cm³/mol. The molecule has 140 valence electrons. The fourth-order valence-corrected chi connectivity index (χ4v) is 3.57. The van der Waals surface area contributed by atoms with Crippen molar-refractivity contribution in [2.45, 2.75) is 25.1 Å². The highest BCUT2D eigenvalue weighted by Gasteiger charge is 2.36. The molecule has 0 saturated carbocycles. The number of nitrogens with zero attached hydrogens (tertiary/aromatic N) is 1. The summed E-state index contributed by atoms with van der Waals surface area (Å²) < 4.78 is 19.2. The summed E-state index contributed by atoms with van der Waals surface area (Å²) >= 11 is 0. The van der Waals surface area contributed by atoms with Gasteiger partial charge >= 0.3 is 5.97 Å². The summed E-state index contributed by atoms with van der Waals surface area (Å²) in [5.41, 5.74) is 1.93. The van der Waals surface area contributed by atoms with E-state index >= 15 is 0 Å². The normalized spacial score (nSPS) is 22.1. The number of aromatic hydroxyl groups is 1. The molecule has 6 nitrogen and oxygen atoms in total. The van der Waals surface area contributed by atoms with Crippen LogP contribution in [0, 0.1) is 5.82 Å². The van der Waals surface area contributed by atoms with Crippen molar-refractivity contribution in [1.82, 2.24) is 5.32 Å². The molecule has 0 radical (unpaired) electrons. The molecule has 4 rings (SSSR count). The van der Waals surface area contributed by atoms with Crippen LogP contribution in [0.3, 0.4) is 0 Å². The van der Waals surface area contributed by atoms with E-state index in [9.17, 15) is 19.1 Å². The molecule has 2 unspecified atom stereocenters. The van der Waals surface area contributed by atoms with Gasteiger partial charge in [0.25, 0.3) is 0 Å². The summed E-state index contributed by atoms with van der Waals surface area (Å²) in [5.74, 6) is -2.25. The van der Waals surface area contributed by atoms with Crippen LogP contribution in [0.15, 0.2) is 36.4 Å². The molecule has 7 heteroatoms. The van der Waals surface area contributed by atoms with Gasteiger partial charge in [-0.15, -0.1) is 0 Å². The second kappa shape index (κ2) is 7.00. The number of benzene rings is 2. The first kappa shape index (κ1) is 17.5. The van der Waals surface area contributed by atoms with Gasteiger partial charge in [-0.25, -0.2) is 9.18 Å². The SMILES string of the molecule is O=Cc1cc(C2NC(c3ccc(N4CCCC4)cc3)OC2=O)cc(F)c1O. The Morgan fingerprint density at radius 3 is 2.52 bits per heavy atom. The maximum Gasteiger partial charge on any atom is 0.329 e. The smallest absolute Gasteiger partial charge is 0.329 e. The molecule has 27 heavy (non-hydrogen) atoms. The Labute approximate surface area is 155 Å². The van der Waals surface area contributed by atoms with Crippen LogP contribution in [0.4, 0.5) is 10.1 Å². The van der Waals surface area contributed by atoms with Crippen LogP contribution in [0.25, 0.3) is 0 Å². The van der Waals surface area contributed by atoms with Gasteiger partial charge in [0.05, 0.1) is 5.56 Å². The first-order chi connectivity index (χ1) is 13.1. The van der Waals surface area contributed by atoms with Gasteiger partial charge in [0.1, 0.15) is 6.04 Å². The Kier molecular flexibility index (Phi) is 4.53. The van der Waals surface area contributed by atoms with Crippen LogP contribution in [0.2, 0.25) is 0 Å². The molecule has 2 aliphatic heterocycles. The van der Waals surface area contributed by atoms with E-state index in [1.54, 1.807) is 0 Å². The fourth-order valence-electron chi connectivity index (χ4n) is 3.57. The number of hydrogen-bond donors (Lipinski definition) is 2. The Morgan fingerprint density at radius 2 is 1.85 bits per heavy atom. The summed E-state index contributed by atoms with van der Waals surface area (Å²) in [6, 6.07) is 9.18. The minimum atomic E-state index is -0.956. The highest BCUT2D eigenvalue weighted by molar-refractivity contribution is 5.83. The van der Waals surface area contributed by atoms with Crippen LogP contribution in [0.5, 0.6) is 5.75 Å². The van der Waals surface area contributed by atoms with E-state index in [4.69, 9.17) is 4.74 Å². The number of hydrogen-bond acceptors (Lipinski definition) is 6. The molecule has 0 bridgehead atoms. The van der Waals surface area contributed by atoms with Gasteiger partial charge in [0.15, 0.2) is 24.1 Å². The predicted octanol–water partition coefficient (Wildman–Crippen LogP) is 2.83. The van der Waals surface area contributed by atoms with Crippen LogP contribution in [-0.2, 0) is 9.53 Å². The highest BCUT2D eigenvalue weighted by atomic mass is 19.1. The van der Waals surface area contributed by atoms with Gasteiger partial charge < -0.3 is 14.7 Å². The maximum atomic E-state index is 13.8. The Hall–Kier alpha value is -2.93. The number of carbonyl (C=O) groups excluding carboxylic acids is 2. The van der Waals surface area contributed by atoms with Gasteiger partial charge in [-0.1, -0.05) is 12.1 Å². The van der Waals surface area contributed by atoms with Crippen LogP contribution < -0.4 is 10.2 Å². The summed E-state index contributed by atoms with van der Waals surface area (Å²) in [7, 11) is 0. The number of phenols is 1. The average Bonchev–Trinajstić information content (AvgIpc) is 3.34. The third-order valence-corrected chi connectivity index (χ3v) is 5.03. The van der Waals surface area contributed by atoms with E-state index in [0.29, 0.717) is 6.29 Å². The molecular weight excluding hydrogens is 351 g/mol. The molecule has 2 atom stereocenters. The summed E-state index contributed by atoms with van der Waals surface area (Å²) in [4.78, 5) is 25.6. The van der Waals surface area contributed by atoms with E-state index in [0.717, 1.165) is 30.4 Å². The molecule has 2 aromatic carbocycles. The standard InChI is InChI=1S/C20H19FN2O4/c21-16-10-13(9-14(11-24)18(16)25)17-20(26)27-19(22-17)12-3-5-15(6-4-12)23-7-1-2-8-23/h3-6,9-11,17,19,22,25H,1-2,7-8H2. The number of cyclic esters (lactones) is 1. The van der Waals surface area contributed by atoms with Crippen molar-refractivity contribution in [3.05, 3.63) is 58.9 Å². The van der Waals surface area contributed by atoms with Gasteiger partial charge in [-0.2, -0.15) is 0 Å². The topological polar surface area (TPSA) is 78.9 Å². The molecule has 0 aliphatic carbocycles. The number of nitrogens with one attached hydrogen (secondary N) is 1. The van der Waals surface area contributed by atoms with E-state index in [2.05, 4.69) is 10.2 Å². The Morgan fingerprint density at radius 1 is 1.15 bits per heavy atom. The Bertz CT molecular complexity index is 878. The summed E-state index contributed by atoms with van der Waals surface area (Å²) in [5, 5.41) is 12.5. The number of phenolic OH excluding ortho intramolecular Hbond substituents is 1. The molecule has 0 spiro atoms. The number of carbonyl (C=O) groups is 2. The number of anilines is 1. The molecule has 2 saturated heterocycles. The van der Waals surface area contributed by atoms with Crippen LogP contribution >= 0.6 is 0 Å². The van der Waals surface area contributed by atoms with Crippen LogP contribution in [0.1, 0.15) is 46.6 Å². The zero-order valence-electron chi connectivity index (χ0n) is 14.5. The summed E-state index contributed by atoms with van der Waals surface area (Å²) in [6.07, 6.45) is 2.07. The molecule has 0 aromatic heterocycles. The lowest BCUT2D eigenvalue weighted by molar-refractivity contribution is -0.142. The molecule has 0 amide bonds. The van der Waals surface area contributed by atoms with Gasteiger partial charge in [0.2, 0.25) is 0 Å². The first-order valence-corrected chi connectivity index (χ1v) is 8.86. The number of aldehydes is 1. The van der Waals surface area contributed by atoms with Gasteiger partial charge in [0, 0.05) is 24.3 Å². The lowest BCUT2D eigenvalue weighted by Crippen LogP contribution is -2.21. The minimum Gasteiger partial charge on any atom is -0.504 e. The molecule has 2 heterocycles. The largest absolute Gasteiger partial charge is 0.504 e. The van der Waals surface area contributed by atoms with Crippen LogP contribution in [-0.4, -0.2) is 30.5 Å². The summed E-state index contributed by atoms with van der Waals surface area (Å²) in [6.45, 7) is 2.09. The second-order valence-corrected chi connectivity index (χ2v) is 6.76. The molecule has 2 N–H and O–H groups in total. The third-order valence-electron chi connectivity index (χ3n) is 5.03. The second-order valence-electron chi connectivity index (χ2n) is 6.76. The van der Waals surface area contributed by atoms with E-state index in [1.807, 2.05) is 24.3 Å². The quantitative estimate of drug-likeness (QED) is 0.637. The van der Waals surface area contributed by atoms with E-state index in [1.165, 1.54) is 18.9 Å². The highest BCUT2D eigenvalue weighted by Crippen LogP contribution is 2.33. The van der Waals surface area contributed by atoms with Crippen molar-refractivity contribution in [1.29, 1.82) is 0 Å². The van der Waals surface area contributed by atoms with Crippen molar-refractivity contribution in [3.8, 4) is 5.75 Å². The zero-order valence-corrected chi connectivity index (χ0v) is 14.5. The fraction of sp³-hybridized carbons (Fsp3) is 0.300. The van der Waals surface area contributed by atoms with Crippen molar-refractivity contribution in [3.63, 3.8) is 0 Å². The Balaban J connectivity index is 1.54. The number of esters is 1. The molecule has 2 aromatic rings. The first-order valence-electron chi connectivity index (χ1n) is 8.86. The van der Waals surface area contributed by atoms with E-state index in [-0.39, 0.29) is 11.1 Å². The lowest BCUT2D eigenvalue weighted by Gasteiger charge is -2.18. The number of rotatable bonds is 4. The number of ether oxygens (including phenoxy) is 1. The minimum absolute atomic E-state index is 0.210. The van der Waals surface area contributed by atoms with Crippen molar-refractivity contribution < 1.29 is 23.8 Å². The molecular formula is C20H19FN2O4. The lowest BCUT2D eigenvalue weighted by atomic mass is 10.0. The third kappa shape index (κ3) is 3.26.